The molecule has 6 heteroatoms. The van der Waals surface area contributed by atoms with Gasteiger partial charge in [-0.05, 0) is 30.3 Å². The van der Waals surface area contributed by atoms with Crippen LogP contribution >= 0.6 is 50.7 Å². The Morgan fingerprint density at radius 3 is 2.45 bits per heavy atom. The molecule has 0 bridgehead atoms. The van der Waals surface area contributed by atoms with Crippen molar-refractivity contribution in [3.8, 4) is 5.75 Å². The number of hydrogen-bond donors (Lipinski definition) is 1. The van der Waals surface area contributed by atoms with Crippen molar-refractivity contribution in [2.24, 2.45) is 0 Å². The summed E-state index contributed by atoms with van der Waals surface area (Å²) in [7, 11) is 1.64. The molecule has 1 N–H and O–H groups in total. The van der Waals surface area contributed by atoms with Crippen LogP contribution in [-0.4, -0.2) is 7.11 Å². The molecular formula is C14H11BrCl3NO. The molecule has 2 rings (SSSR count). The van der Waals surface area contributed by atoms with Gasteiger partial charge in [0.15, 0.2) is 0 Å². The molecule has 0 saturated heterocycles. The van der Waals surface area contributed by atoms with E-state index in [1.165, 1.54) is 0 Å². The SMILES string of the molecule is COc1ccc(Br)cc1CNc1cc(Cl)c(Cl)cc1Cl. The first-order chi connectivity index (χ1) is 9.51. The van der Waals surface area contributed by atoms with Crippen molar-refractivity contribution in [3.05, 3.63) is 55.4 Å². The van der Waals surface area contributed by atoms with Crippen molar-refractivity contribution in [2.75, 3.05) is 12.4 Å². The third-order valence-electron chi connectivity index (χ3n) is 2.72. The Kier molecular flexibility index (Phi) is 5.44. The van der Waals surface area contributed by atoms with Crippen LogP contribution in [0.25, 0.3) is 0 Å². The highest BCUT2D eigenvalue weighted by atomic mass is 79.9. The monoisotopic (exact) mass is 393 g/mol. The predicted molar refractivity (Wildman–Crippen MR) is 89.5 cm³/mol. The number of halogens is 4. The zero-order chi connectivity index (χ0) is 14.7. The molecule has 20 heavy (non-hydrogen) atoms. The smallest absolute Gasteiger partial charge is 0.123 e. The van der Waals surface area contributed by atoms with Crippen LogP contribution in [0.4, 0.5) is 5.69 Å². The summed E-state index contributed by atoms with van der Waals surface area (Å²) in [5.74, 6) is 0.803. The fraction of sp³-hybridized carbons (Fsp3) is 0.143. The topological polar surface area (TPSA) is 21.3 Å². The zero-order valence-corrected chi connectivity index (χ0v) is 14.4. The number of ether oxygens (including phenoxy) is 1. The molecule has 2 aromatic rings. The van der Waals surface area contributed by atoms with E-state index in [9.17, 15) is 0 Å². The van der Waals surface area contributed by atoms with Crippen molar-refractivity contribution < 1.29 is 4.74 Å². The molecule has 0 aliphatic rings. The van der Waals surface area contributed by atoms with Gasteiger partial charge in [-0.3, -0.25) is 0 Å². The Hall–Kier alpha value is -0.610. The van der Waals surface area contributed by atoms with Crippen LogP contribution < -0.4 is 10.1 Å². The van der Waals surface area contributed by atoms with Crippen molar-refractivity contribution in [1.82, 2.24) is 0 Å². The van der Waals surface area contributed by atoms with E-state index in [4.69, 9.17) is 39.5 Å². The van der Waals surface area contributed by atoms with Crippen LogP contribution in [0.1, 0.15) is 5.56 Å². The van der Waals surface area contributed by atoms with E-state index >= 15 is 0 Å². The van der Waals surface area contributed by atoms with Crippen LogP contribution in [0.15, 0.2) is 34.8 Å². The van der Waals surface area contributed by atoms with Gasteiger partial charge in [-0.1, -0.05) is 50.7 Å². The Balaban J connectivity index is 2.21. The summed E-state index contributed by atoms with van der Waals surface area (Å²) in [4.78, 5) is 0. The number of anilines is 1. The predicted octanol–water partition coefficient (Wildman–Crippen LogP) is 6.03. The van der Waals surface area contributed by atoms with E-state index in [1.807, 2.05) is 18.2 Å². The molecule has 0 aliphatic heterocycles. The van der Waals surface area contributed by atoms with Gasteiger partial charge in [-0.25, -0.2) is 0 Å². The Morgan fingerprint density at radius 2 is 1.75 bits per heavy atom. The standard InChI is InChI=1S/C14H11BrCl3NO/c1-20-14-3-2-9(15)4-8(14)7-19-13-6-11(17)10(16)5-12(13)18/h2-6,19H,7H2,1H3. The van der Waals surface area contributed by atoms with E-state index in [0.717, 1.165) is 21.5 Å². The third-order valence-corrected chi connectivity index (χ3v) is 4.25. The number of nitrogens with one attached hydrogen (secondary N) is 1. The summed E-state index contributed by atoms with van der Waals surface area (Å²) in [5.41, 5.74) is 1.73. The highest BCUT2D eigenvalue weighted by Gasteiger charge is 2.08. The molecule has 0 unspecified atom stereocenters. The molecule has 0 fully saturated rings. The minimum absolute atomic E-state index is 0.433. The highest BCUT2D eigenvalue weighted by molar-refractivity contribution is 9.10. The minimum Gasteiger partial charge on any atom is -0.496 e. The lowest BCUT2D eigenvalue weighted by molar-refractivity contribution is 0.410. The molecule has 0 aliphatic carbocycles. The summed E-state index contributed by atoms with van der Waals surface area (Å²) in [6.07, 6.45) is 0. The first-order valence-electron chi connectivity index (χ1n) is 5.72. The molecule has 0 atom stereocenters. The van der Waals surface area contributed by atoms with Crippen LogP contribution in [0, 0.1) is 0 Å². The molecule has 0 saturated carbocycles. The fourth-order valence-electron chi connectivity index (χ4n) is 1.73. The number of methoxy groups -OCH3 is 1. The van der Waals surface area contributed by atoms with Crippen molar-refractivity contribution >= 4 is 56.4 Å². The van der Waals surface area contributed by atoms with Crippen LogP contribution in [-0.2, 0) is 6.54 Å². The number of benzene rings is 2. The van der Waals surface area contributed by atoms with Crippen LogP contribution in [0.5, 0.6) is 5.75 Å². The normalized spacial score (nSPS) is 10.4. The number of hydrogen-bond acceptors (Lipinski definition) is 2. The van der Waals surface area contributed by atoms with Gasteiger partial charge in [0.25, 0.3) is 0 Å². The lowest BCUT2D eigenvalue weighted by Gasteiger charge is -2.13. The molecule has 0 spiro atoms. The first kappa shape index (κ1) is 15.8. The van der Waals surface area contributed by atoms with Gasteiger partial charge >= 0.3 is 0 Å². The molecular weight excluding hydrogens is 384 g/mol. The first-order valence-corrected chi connectivity index (χ1v) is 7.65. The summed E-state index contributed by atoms with van der Waals surface area (Å²) in [6.45, 7) is 0.556. The molecule has 0 aromatic heterocycles. The molecule has 2 aromatic carbocycles. The second-order valence-corrected chi connectivity index (χ2v) is 6.19. The third kappa shape index (κ3) is 3.73. The zero-order valence-electron chi connectivity index (χ0n) is 10.5. The van der Waals surface area contributed by atoms with Gasteiger partial charge in [-0.2, -0.15) is 0 Å². The van der Waals surface area contributed by atoms with Crippen LogP contribution in [0.3, 0.4) is 0 Å². The van der Waals surface area contributed by atoms with E-state index in [0.29, 0.717) is 21.6 Å². The summed E-state index contributed by atoms with van der Waals surface area (Å²) >= 11 is 21.5. The maximum absolute atomic E-state index is 6.13. The minimum atomic E-state index is 0.433. The quantitative estimate of drug-likeness (QED) is 0.638. The van der Waals surface area contributed by atoms with Gasteiger partial charge in [0, 0.05) is 16.6 Å². The lowest BCUT2D eigenvalue weighted by atomic mass is 10.2. The lowest BCUT2D eigenvalue weighted by Crippen LogP contribution is -2.02. The van der Waals surface area contributed by atoms with E-state index in [-0.39, 0.29) is 0 Å². The van der Waals surface area contributed by atoms with Crippen LogP contribution in [0.2, 0.25) is 15.1 Å². The van der Waals surface area contributed by atoms with Gasteiger partial charge in [-0.15, -0.1) is 0 Å². The van der Waals surface area contributed by atoms with E-state index < -0.39 is 0 Å². The van der Waals surface area contributed by atoms with E-state index in [2.05, 4.69) is 21.2 Å². The van der Waals surface area contributed by atoms with Gasteiger partial charge in [0.05, 0.1) is 27.9 Å². The second kappa shape index (κ2) is 6.90. The Bertz CT molecular complexity index is 634. The van der Waals surface area contributed by atoms with Crippen molar-refractivity contribution in [3.63, 3.8) is 0 Å². The molecule has 0 amide bonds. The average Bonchev–Trinajstić information content (AvgIpc) is 2.41. The molecule has 0 radical (unpaired) electrons. The van der Waals surface area contributed by atoms with Gasteiger partial charge < -0.3 is 10.1 Å². The van der Waals surface area contributed by atoms with Gasteiger partial charge in [0.1, 0.15) is 5.75 Å². The maximum atomic E-state index is 6.13. The van der Waals surface area contributed by atoms with Crippen molar-refractivity contribution in [1.29, 1.82) is 0 Å². The van der Waals surface area contributed by atoms with E-state index in [1.54, 1.807) is 19.2 Å². The highest BCUT2D eigenvalue weighted by Crippen LogP contribution is 2.33. The Labute approximate surface area is 141 Å². The number of rotatable bonds is 4. The largest absolute Gasteiger partial charge is 0.496 e. The van der Waals surface area contributed by atoms with Gasteiger partial charge in [0.2, 0.25) is 0 Å². The molecule has 0 heterocycles. The summed E-state index contributed by atoms with van der Waals surface area (Å²) in [6, 6.07) is 9.13. The fourth-order valence-corrected chi connectivity index (χ4v) is 2.76. The second-order valence-electron chi connectivity index (χ2n) is 4.06. The summed E-state index contributed by atoms with van der Waals surface area (Å²) < 4.78 is 6.30. The molecule has 106 valence electrons. The Morgan fingerprint density at radius 1 is 1.05 bits per heavy atom. The summed E-state index contributed by atoms with van der Waals surface area (Å²) in [5, 5.41) is 4.64. The molecule has 2 nitrogen and oxygen atoms in total. The average molecular weight is 396 g/mol. The maximum Gasteiger partial charge on any atom is 0.123 e. The van der Waals surface area contributed by atoms with Crippen molar-refractivity contribution in [2.45, 2.75) is 6.54 Å².